The fraction of sp³-hybridized carbons (Fsp3) is 0.222. The van der Waals surface area contributed by atoms with Crippen molar-refractivity contribution >= 4 is 11.8 Å². The molecule has 0 aliphatic heterocycles. The van der Waals surface area contributed by atoms with E-state index in [2.05, 4.69) is 0 Å². The molecule has 4 nitrogen and oxygen atoms in total. The van der Waals surface area contributed by atoms with Crippen molar-refractivity contribution in [3.63, 3.8) is 0 Å². The molecule has 2 amide bonds. The number of carbonyl (C=O) groups is 2. The number of carbonyl (C=O) groups excluding carboxylic acids is 2. The van der Waals surface area contributed by atoms with E-state index >= 15 is 0 Å². The molecule has 0 spiro atoms. The molecule has 120 valence electrons. The zero-order valence-corrected chi connectivity index (χ0v) is 13.4. The zero-order valence-electron chi connectivity index (χ0n) is 13.4. The van der Waals surface area contributed by atoms with E-state index < -0.39 is 11.7 Å². The number of benzene rings is 2. The Morgan fingerprint density at radius 2 is 1.61 bits per heavy atom. The third-order valence-electron chi connectivity index (χ3n) is 3.45. The summed E-state index contributed by atoms with van der Waals surface area (Å²) in [6.07, 6.45) is 0. The van der Waals surface area contributed by atoms with Gasteiger partial charge in [0.15, 0.2) is 0 Å². The van der Waals surface area contributed by atoms with E-state index in [-0.39, 0.29) is 11.5 Å². The highest BCUT2D eigenvalue weighted by molar-refractivity contribution is 5.95. The van der Waals surface area contributed by atoms with Crippen LogP contribution in [0.3, 0.4) is 0 Å². The van der Waals surface area contributed by atoms with Crippen molar-refractivity contribution in [3.8, 4) is 0 Å². The van der Waals surface area contributed by atoms with Gasteiger partial charge in [-0.05, 0) is 29.8 Å². The number of hydrogen-bond donors (Lipinski definition) is 0. The first kappa shape index (κ1) is 16.7. The highest BCUT2D eigenvalue weighted by atomic mass is 19.1. The van der Waals surface area contributed by atoms with Crippen molar-refractivity contribution < 1.29 is 14.0 Å². The Labute approximate surface area is 135 Å². The van der Waals surface area contributed by atoms with Crippen LogP contribution in [0.25, 0.3) is 0 Å². The van der Waals surface area contributed by atoms with E-state index in [0.717, 1.165) is 0 Å². The van der Waals surface area contributed by atoms with Gasteiger partial charge in [-0.15, -0.1) is 0 Å². The molecule has 0 aliphatic carbocycles. The van der Waals surface area contributed by atoms with Crippen molar-refractivity contribution in [1.82, 2.24) is 9.80 Å². The van der Waals surface area contributed by atoms with E-state index in [4.69, 9.17) is 0 Å². The van der Waals surface area contributed by atoms with Gasteiger partial charge in [0.25, 0.3) is 11.8 Å². The molecule has 0 heterocycles. The molecule has 0 aliphatic rings. The number of nitrogens with zero attached hydrogens (tertiary/aromatic N) is 2. The highest BCUT2D eigenvalue weighted by Crippen LogP contribution is 2.15. The lowest BCUT2D eigenvalue weighted by atomic mass is 10.1. The molecule has 0 bridgehead atoms. The average Bonchev–Trinajstić information content (AvgIpc) is 2.55. The zero-order chi connectivity index (χ0) is 17.0. The van der Waals surface area contributed by atoms with Gasteiger partial charge in [-0.1, -0.05) is 24.3 Å². The molecule has 5 heteroatoms. The molecule has 0 unspecified atom stereocenters. The van der Waals surface area contributed by atoms with Crippen LogP contribution in [0.1, 0.15) is 26.3 Å². The van der Waals surface area contributed by atoms with E-state index in [1.807, 2.05) is 6.07 Å². The number of halogens is 1. The molecule has 2 aromatic carbocycles. The minimum atomic E-state index is -0.565. The molecule has 0 radical (unpaired) electrons. The summed E-state index contributed by atoms with van der Waals surface area (Å²) in [6.45, 7) is 0.293. The predicted octanol–water partition coefficient (Wildman–Crippen LogP) is 2.80. The number of hydrogen-bond acceptors (Lipinski definition) is 2. The normalized spacial score (nSPS) is 10.3. The van der Waals surface area contributed by atoms with Crippen molar-refractivity contribution in [2.75, 3.05) is 21.1 Å². The first-order valence-electron chi connectivity index (χ1n) is 7.20. The summed E-state index contributed by atoms with van der Waals surface area (Å²) in [5.41, 5.74) is 1.29. The van der Waals surface area contributed by atoms with Crippen LogP contribution in [0.5, 0.6) is 0 Å². The lowest BCUT2D eigenvalue weighted by molar-refractivity contribution is 0.0785. The quantitative estimate of drug-likeness (QED) is 0.871. The second-order valence-electron chi connectivity index (χ2n) is 5.54. The Balaban J connectivity index is 2.18. The van der Waals surface area contributed by atoms with E-state index in [9.17, 15) is 14.0 Å². The van der Waals surface area contributed by atoms with Gasteiger partial charge in [0.05, 0.1) is 5.56 Å². The molecular weight excluding hydrogens is 295 g/mol. The van der Waals surface area contributed by atoms with Gasteiger partial charge >= 0.3 is 0 Å². The van der Waals surface area contributed by atoms with Crippen LogP contribution in [-0.4, -0.2) is 42.8 Å². The summed E-state index contributed by atoms with van der Waals surface area (Å²) < 4.78 is 13.8. The Hall–Kier alpha value is -2.69. The second kappa shape index (κ2) is 7.05. The predicted molar refractivity (Wildman–Crippen MR) is 86.7 cm³/mol. The summed E-state index contributed by atoms with van der Waals surface area (Å²) in [5, 5.41) is 0. The maximum absolute atomic E-state index is 13.8. The average molecular weight is 314 g/mol. The molecule has 23 heavy (non-hydrogen) atoms. The minimum absolute atomic E-state index is 0.00746. The molecule has 0 fully saturated rings. The Bertz CT molecular complexity index is 714. The fourth-order valence-electron chi connectivity index (χ4n) is 2.22. The van der Waals surface area contributed by atoms with Crippen LogP contribution >= 0.6 is 0 Å². The first-order chi connectivity index (χ1) is 10.9. The Morgan fingerprint density at radius 3 is 2.22 bits per heavy atom. The van der Waals surface area contributed by atoms with E-state index in [1.54, 1.807) is 51.5 Å². The van der Waals surface area contributed by atoms with Crippen LogP contribution in [0.4, 0.5) is 4.39 Å². The first-order valence-corrected chi connectivity index (χ1v) is 7.20. The molecule has 0 N–H and O–H groups in total. The molecule has 0 saturated carbocycles. The summed E-state index contributed by atoms with van der Waals surface area (Å²) >= 11 is 0. The number of rotatable bonds is 4. The lowest BCUT2D eigenvalue weighted by Gasteiger charge is -2.18. The van der Waals surface area contributed by atoms with Crippen molar-refractivity contribution in [3.05, 3.63) is 71.0 Å². The molecule has 0 saturated heterocycles. The van der Waals surface area contributed by atoms with Gasteiger partial charge in [0, 0.05) is 33.3 Å². The van der Waals surface area contributed by atoms with Gasteiger partial charge in [0.2, 0.25) is 0 Å². The van der Waals surface area contributed by atoms with Crippen LogP contribution in [0.2, 0.25) is 0 Å². The van der Waals surface area contributed by atoms with Gasteiger partial charge in [-0.3, -0.25) is 9.59 Å². The minimum Gasteiger partial charge on any atom is -0.345 e. The summed E-state index contributed by atoms with van der Waals surface area (Å²) in [4.78, 5) is 27.1. The highest BCUT2D eigenvalue weighted by Gasteiger charge is 2.16. The SMILES string of the molecule is CN(C)C(=O)c1cc(CN(C)C(=O)c2ccccc2)ccc1F. The van der Waals surface area contributed by atoms with Gasteiger partial charge in [-0.2, -0.15) is 0 Å². The molecule has 0 aromatic heterocycles. The lowest BCUT2D eigenvalue weighted by Crippen LogP contribution is -2.27. The van der Waals surface area contributed by atoms with Crippen molar-refractivity contribution in [2.24, 2.45) is 0 Å². The van der Waals surface area contributed by atoms with Crippen molar-refractivity contribution in [1.29, 1.82) is 0 Å². The smallest absolute Gasteiger partial charge is 0.256 e. The van der Waals surface area contributed by atoms with Crippen molar-refractivity contribution in [2.45, 2.75) is 6.54 Å². The van der Waals surface area contributed by atoms with Crippen LogP contribution in [-0.2, 0) is 6.54 Å². The van der Waals surface area contributed by atoms with Gasteiger partial charge in [-0.25, -0.2) is 4.39 Å². The molecule has 2 rings (SSSR count). The molecule has 0 atom stereocenters. The maximum Gasteiger partial charge on any atom is 0.256 e. The van der Waals surface area contributed by atoms with Gasteiger partial charge in [0.1, 0.15) is 5.82 Å². The molecule has 2 aromatic rings. The van der Waals surface area contributed by atoms with Crippen LogP contribution in [0.15, 0.2) is 48.5 Å². The van der Waals surface area contributed by atoms with E-state index in [0.29, 0.717) is 17.7 Å². The standard InChI is InChI=1S/C18H19FN2O2/c1-20(2)18(23)15-11-13(9-10-16(15)19)12-21(3)17(22)14-7-5-4-6-8-14/h4-11H,12H2,1-3H3. The summed E-state index contributed by atoms with van der Waals surface area (Å²) in [5.74, 6) is -1.10. The molecular formula is C18H19FN2O2. The fourth-order valence-corrected chi connectivity index (χ4v) is 2.22. The largest absolute Gasteiger partial charge is 0.345 e. The Kier molecular flexibility index (Phi) is 5.11. The number of amides is 2. The maximum atomic E-state index is 13.8. The third-order valence-corrected chi connectivity index (χ3v) is 3.45. The monoisotopic (exact) mass is 314 g/mol. The van der Waals surface area contributed by atoms with Crippen LogP contribution < -0.4 is 0 Å². The summed E-state index contributed by atoms with van der Waals surface area (Å²) in [6, 6.07) is 13.3. The second-order valence-corrected chi connectivity index (χ2v) is 5.54. The van der Waals surface area contributed by atoms with E-state index in [1.165, 1.54) is 21.9 Å². The van der Waals surface area contributed by atoms with Gasteiger partial charge < -0.3 is 9.80 Å². The topological polar surface area (TPSA) is 40.6 Å². The Morgan fingerprint density at radius 1 is 0.957 bits per heavy atom. The third kappa shape index (κ3) is 3.94. The summed E-state index contributed by atoms with van der Waals surface area (Å²) in [7, 11) is 4.81. The van der Waals surface area contributed by atoms with Crippen LogP contribution in [0, 0.1) is 5.82 Å².